The predicted molar refractivity (Wildman–Crippen MR) is 77.6 cm³/mol. The van der Waals surface area contributed by atoms with Gasteiger partial charge in [-0.05, 0) is 32.8 Å². The highest BCUT2D eigenvalue weighted by atomic mass is 32.2. The van der Waals surface area contributed by atoms with Crippen LogP contribution in [0.2, 0.25) is 0 Å². The molecular weight excluding hydrogens is 264 g/mol. The van der Waals surface area contributed by atoms with Crippen LogP contribution < -0.4 is 4.72 Å². The van der Waals surface area contributed by atoms with Gasteiger partial charge < -0.3 is 4.55 Å². The molecule has 100 valence electrons. The van der Waals surface area contributed by atoms with Crippen molar-refractivity contribution >= 4 is 22.7 Å². The van der Waals surface area contributed by atoms with Gasteiger partial charge in [0.1, 0.15) is 10.8 Å². The Hall–Kier alpha value is -0.540. The van der Waals surface area contributed by atoms with E-state index in [1.807, 2.05) is 32.2 Å². The van der Waals surface area contributed by atoms with Crippen molar-refractivity contribution in [2.24, 2.45) is 5.92 Å². The standard InChI is InChI=1S/C13H20N2OS2/c1-9(2)12(15-18(16)13(3,4)5)11-6-10(7-14)8-17-11/h6,8-9,12,15H,1-5H3. The molecule has 0 aliphatic carbocycles. The summed E-state index contributed by atoms with van der Waals surface area (Å²) in [5.41, 5.74) is 0.670. The quantitative estimate of drug-likeness (QED) is 0.862. The molecule has 0 radical (unpaired) electrons. The molecule has 2 unspecified atom stereocenters. The van der Waals surface area contributed by atoms with Gasteiger partial charge in [0.25, 0.3) is 0 Å². The maximum atomic E-state index is 12.2. The fourth-order valence-electron chi connectivity index (χ4n) is 1.39. The zero-order chi connectivity index (χ0) is 13.9. The fourth-order valence-corrected chi connectivity index (χ4v) is 3.50. The monoisotopic (exact) mass is 284 g/mol. The third kappa shape index (κ3) is 3.99. The smallest absolute Gasteiger partial charge is 0.136 e. The van der Waals surface area contributed by atoms with E-state index < -0.39 is 11.4 Å². The Morgan fingerprint density at radius 2 is 2.06 bits per heavy atom. The Kier molecular flexibility index (Phi) is 5.23. The lowest BCUT2D eigenvalue weighted by molar-refractivity contribution is 0.457. The Labute approximate surface area is 117 Å². The molecular formula is C13H20N2OS2. The van der Waals surface area contributed by atoms with Crippen LogP contribution in [-0.2, 0) is 11.4 Å². The SMILES string of the molecule is CC(C)C(N[S+]([O-])C(C)(C)C)c1cc(C#N)cs1. The minimum Gasteiger partial charge on any atom is -0.598 e. The highest BCUT2D eigenvalue weighted by Crippen LogP contribution is 2.30. The Bertz CT molecular complexity index is 429. The van der Waals surface area contributed by atoms with Crippen LogP contribution in [0, 0.1) is 17.2 Å². The summed E-state index contributed by atoms with van der Waals surface area (Å²) in [6.07, 6.45) is 0. The zero-order valence-electron chi connectivity index (χ0n) is 11.5. The van der Waals surface area contributed by atoms with E-state index in [0.717, 1.165) is 4.88 Å². The van der Waals surface area contributed by atoms with Gasteiger partial charge in [-0.15, -0.1) is 16.1 Å². The van der Waals surface area contributed by atoms with Gasteiger partial charge in [-0.2, -0.15) is 5.26 Å². The van der Waals surface area contributed by atoms with Crippen LogP contribution in [0.5, 0.6) is 0 Å². The molecule has 1 aromatic heterocycles. The summed E-state index contributed by atoms with van der Waals surface area (Å²) in [6.45, 7) is 10.0. The van der Waals surface area contributed by atoms with Crippen LogP contribution in [0.25, 0.3) is 0 Å². The summed E-state index contributed by atoms with van der Waals surface area (Å²) in [7, 11) is 0. The highest BCUT2D eigenvalue weighted by molar-refractivity contribution is 7.90. The molecule has 0 amide bonds. The number of nitrogens with zero attached hydrogens (tertiary/aromatic N) is 1. The van der Waals surface area contributed by atoms with Crippen molar-refractivity contribution < 1.29 is 4.55 Å². The maximum absolute atomic E-state index is 12.2. The van der Waals surface area contributed by atoms with Crippen LogP contribution in [0.3, 0.4) is 0 Å². The lowest BCUT2D eigenvalue weighted by Gasteiger charge is -2.29. The van der Waals surface area contributed by atoms with E-state index in [-0.39, 0.29) is 10.8 Å². The van der Waals surface area contributed by atoms with E-state index in [9.17, 15) is 4.55 Å². The average molecular weight is 284 g/mol. The number of nitriles is 1. The van der Waals surface area contributed by atoms with Gasteiger partial charge in [0, 0.05) is 21.6 Å². The summed E-state index contributed by atoms with van der Waals surface area (Å²) < 4.78 is 15.1. The predicted octanol–water partition coefficient (Wildman–Crippen LogP) is 3.37. The first-order chi connectivity index (χ1) is 8.25. The summed E-state index contributed by atoms with van der Waals surface area (Å²) in [4.78, 5) is 1.07. The first-order valence-corrected chi connectivity index (χ1v) is 7.95. The number of nitrogens with one attached hydrogen (secondary N) is 1. The van der Waals surface area contributed by atoms with Crippen molar-refractivity contribution in [3.05, 3.63) is 21.9 Å². The molecule has 0 aliphatic heterocycles. The van der Waals surface area contributed by atoms with Gasteiger partial charge in [-0.3, -0.25) is 0 Å². The molecule has 2 atom stereocenters. The van der Waals surface area contributed by atoms with Crippen molar-refractivity contribution in [2.45, 2.75) is 45.4 Å². The molecule has 0 bridgehead atoms. The van der Waals surface area contributed by atoms with Crippen molar-refractivity contribution in [1.82, 2.24) is 4.72 Å². The van der Waals surface area contributed by atoms with Gasteiger partial charge in [0.05, 0.1) is 11.6 Å². The summed E-state index contributed by atoms with van der Waals surface area (Å²) in [5.74, 6) is 0.321. The minimum atomic E-state index is -1.11. The number of thiophene rings is 1. The Morgan fingerprint density at radius 1 is 1.44 bits per heavy atom. The molecule has 1 heterocycles. The third-order valence-electron chi connectivity index (χ3n) is 2.51. The van der Waals surface area contributed by atoms with Crippen LogP contribution in [0.4, 0.5) is 0 Å². The van der Waals surface area contributed by atoms with Gasteiger partial charge in [-0.25, -0.2) is 0 Å². The van der Waals surface area contributed by atoms with Crippen LogP contribution in [-0.4, -0.2) is 9.30 Å². The van der Waals surface area contributed by atoms with E-state index in [4.69, 9.17) is 5.26 Å². The fraction of sp³-hybridized carbons (Fsp3) is 0.615. The number of rotatable bonds is 4. The summed E-state index contributed by atoms with van der Waals surface area (Å²) in [5, 5.41) is 10.7. The first-order valence-electron chi connectivity index (χ1n) is 5.92. The normalized spacial score (nSPS) is 15.4. The molecule has 18 heavy (non-hydrogen) atoms. The van der Waals surface area contributed by atoms with E-state index in [1.165, 1.54) is 0 Å². The van der Waals surface area contributed by atoms with Crippen molar-refractivity contribution in [2.75, 3.05) is 0 Å². The molecule has 3 nitrogen and oxygen atoms in total. The second-order valence-electron chi connectivity index (χ2n) is 5.57. The molecule has 0 saturated carbocycles. The molecule has 0 aliphatic rings. The van der Waals surface area contributed by atoms with E-state index in [1.54, 1.807) is 11.3 Å². The van der Waals surface area contributed by atoms with Gasteiger partial charge in [0.15, 0.2) is 0 Å². The second-order valence-corrected chi connectivity index (χ2v) is 8.51. The Morgan fingerprint density at radius 3 is 2.44 bits per heavy atom. The van der Waals surface area contributed by atoms with Crippen molar-refractivity contribution in [3.63, 3.8) is 0 Å². The zero-order valence-corrected chi connectivity index (χ0v) is 13.1. The van der Waals surface area contributed by atoms with E-state index in [2.05, 4.69) is 24.6 Å². The topological polar surface area (TPSA) is 58.9 Å². The second kappa shape index (κ2) is 6.07. The largest absolute Gasteiger partial charge is 0.598 e. The molecule has 1 rings (SSSR count). The van der Waals surface area contributed by atoms with Gasteiger partial charge >= 0.3 is 0 Å². The van der Waals surface area contributed by atoms with Crippen LogP contribution in [0.1, 0.15) is 51.1 Å². The molecule has 0 fully saturated rings. The maximum Gasteiger partial charge on any atom is 0.136 e. The summed E-state index contributed by atoms with van der Waals surface area (Å²) >= 11 is 0.436. The lowest BCUT2D eigenvalue weighted by atomic mass is 10.0. The summed E-state index contributed by atoms with van der Waals surface area (Å²) in [6, 6.07) is 4.03. The Balaban J connectivity index is 2.88. The van der Waals surface area contributed by atoms with E-state index in [0.29, 0.717) is 11.5 Å². The molecule has 0 spiro atoms. The average Bonchev–Trinajstić information content (AvgIpc) is 2.71. The minimum absolute atomic E-state index is 0.0251. The van der Waals surface area contributed by atoms with Gasteiger partial charge in [-0.1, -0.05) is 13.8 Å². The number of hydrogen-bond donors (Lipinski definition) is 1. The van der Waals surface area contributed by atoms with Crippen LogP contribution >= 0.6 is 11.3 Å². The third-order valence-corrected chi connectivity index (χ3v) is 5.11. The number of hydrogen-bond acceptors (Lipinski definition) is 4. The van der Waals surface area contributed by atoms with Gasteiger partial charge in [0.2, 0.25) is 0 Å². The molecule has 0 saturated heterocycles. The first kappa shape index (κ1) is 15.5. The van der Waals surface area contributed by atoms with E-state index >= 15 is 0 Å². The van der Waals surface area contributed by atoms with Crippen molar-refractivity contribution in [1.29, 1.82) is 5.26 Å². The molecule has 5 heteroatoms. The highest BCUT2D eigenvalue weighted by Gasteiger charge is 2.31. The lowest BCUT2D eigenvalue weighted by Crippen LogP contribution is -2.42. The molecule has 1 N–H and O–H groups in total. The molecule has 1 aromatic rings. The van der Waals surface area contributed by atoms with Crippen LogP contribution in [0.15, 0.2) is 11.4 Å². The molecule has 0 aromatic carbocycles. The van der Waals surface area contributed by atoms with Crippen molar-refractivity contribution in [3.8, 4) is 6.07 Å².